The molecule has 0 bridgehead atoms. The molecule has 2 rings (SSSR count). The first-order valence-electron chi connectivity index (χ1n) is 5.05. The van der Waals surface area contributed by atoms with Gasteiger partial charge in [0.1, 0.15) is 0 Å². The van der Waals surface area contributed by atoms with Crippen molar-refractivity contribution < 1.29 is 4.39 Å². The average Bonchev–Trinajstić information content (AvgIpc) is 2.30. The molecule has 2 aromatic carbocycles. The number of rotatable bonds is 1. The van der Waals surface area contributed by atoms with E-state index in [-0.39, 0.29) is 10.6 Å². The smallest absolute Gasteiger partial charge is 0.158 e. The molecule has 2 heteroatoms. The van der Waals surface area contributed by atoms with Crippen molar-refractivity contribution in [1.29, 1.82) is 0 Å². The Labute approximate surface area is 99.0 Å². The van der Waals surface area contributed by atoms with Gasteiger partial charge in [-0.3, -0.25) is 0 Å². The first-order valence-corrected chi connectivity index (χ1v) is 5.43. The molecule has 2 aromatic rings. The number of hydrogen-bond donors (Lipinski definition) is 0. The maximum Gasteiger partial charge on any atom is 0.158 e. The van der Waals surface area contributed by atoms with Crippen LogP contribution in [0.4, 0.5) is 4.39 Å². The molecule has 0 N–H and O–H groups in total. The standard InChI is InChI=1S/C14H10ClF/c1-3-9-6-5-7-10-8-12(15)14(16)11(4-2)13(9)10/h2,5-8H,3H2,1H3. The first kappa shape index (κ1) is 11.0. The molecule has 0 spiro atoms. The lowest BCUT2D eigenvalue weighted by molar-refractivity contribution is 0.627. The molecule has 16 heavy (non-hydrogen) atoms. The highest BCUT2D eigenvalue weighted by Crippen LogP contribution is 2.30. The van der Waals surface area contributed by atoms with Crippen LogP contribution in [0.15, 0.2) is 24.3 Å². The summed E-state index contributed by atoms with van der Waals surface area (Å²) in [5.74, 6) is 1.89. The van der Waals surface area contributed by atoms with Crippen LogP contribution in [0, 0.1) is 18.2 Å². The predicted octanol–water partition coefficient (Wildman–Crippen LogP) is 4.18. The van der Waals surface area contributed by atoms with Crippen LogP contribution in [-0.4, -0.2) is 0 Å². The summed E-state index contributed by atoms with van der Waals surface area (Å²) in [6, 6.07) is 7.39. The van der Waals surface area contributed by atoms with Gasteiger partial charge in [-0.05, 0) is 23.4 Å². The van der Waals surface area contributed by atoms with Crippen LogP contribution in [0.5, 0.6) is 0 Å². The number of hydrogen-bond acceptors (Lipinski definition) is 0. The molecule has 0 aliphatic heterocycles. The molecule has 0 radical (unpaired) electrons. The van der Waals surface area contributed by atoms with Crippen molar-refractivity contribution in [2.24, 2.45) is 0 Å². The Hall–Kier alpha value is -1.52. The molecular weight excluding hydrogens is 223 g/mol. The lowest BCUT2D eigenvalue weighted by Gasteiger charge is -2.09. The van der Waals surface area contributed by atoms with Gasteiger partial charge in [0.05, 0.1) is 10.6 Å². The van der Waals surface area contributed by atoms with Crippen LogP contribution in [0.3, 0.4) is 0 Å². The minimum Gasteiger partial charge on any atom is -0.204 e. The van der Waals surface area contributed by atoms with E-state index in [4.69, 9.17) is 18.0 Å². The summed E-state index contributed by atoms with van der Waals surface area (Å²) in [4.78, 5) is 0. The van der Waals surface area contributed by atoms with Crippen LogP contribution >= 0.6 is 11.6 Å². The summed E-state index contributed by atoms with van der Waals surface area (Å²) in [6.07, 6.45) is 6.17. The van der Waals surface area contributed by atoms with Crippen LogP contribution < -0.4 is 0 Å². The Morgan fingerprint density at radius 3 is 2.81 bits per heavy atom. The Balaban J connectivity index is 2.99. The van der Waals surface area contributed by atoms with Gasteiger partial charge in [-0.15, -0.1) is 6.42 Å². The second-order valence-electron chi connectivity index (χ2n) is 3.56. The number of terminal acetylenes is 1. The number of benzene rings is 2. The highest BCUT2D eigenvalue weighted by atomic mass is 35.5. The summed E-state index contributed by atoms with van der Waals surface area (Å²) in [5.41, 5.74) is 1.31. The fourth-order valence-corrected chi connectivity index (χ4v) is 2.12. The lowest BCUT2D eigenvalue weighted by Crippen LogP contribution is -1.92. The molecule has 0 fully saturated rings. The third-order valence-electron chi connectivity index (χ3n) is 2.67. The van der Waals surface area contributed by atoms with Crippen molar-refractivity contribution in [3.63, 3.8) is 0 Å². The number of fused-ring (bicyclic) bond motifs is 1. The summed E-state index contributed by atoms with van der Waals surface area (Å²) in [5, 5.41) is 1.77. The van der Waals surface area contributed by atoms with E-state index in [2.05, 4.69) is 5.92 Å². The quantitative estimate of drug-likeness (QED) is 0.648. The largest absolute Gasteiger partial charge is 0.204 e. The zero-order valence-corrected chi connectivity index (χ0v) is 9.61. The molecule has 80 valence electrons. The van der Waals surface area contributed by atoms with Crippen molar-refractivity contribution in [2.75, 3.05) is 0 Å². The van der Waals surface area contributed by atoms with E-state index in [1.165, 1.54) is 0 Å². The zero-order valence-electron chi connectivity index (χ0n) is 8.85. The zero-order chi connectivity index (χ0) is 11.7. The van der Waals surface area contributed by atoms with Gasteiger partial charge in [-0.25, -0.2) is 4.39 Å². The molecule has 0 nitrogen and oxygen atoms in total. The Morgan fingerprint density at radius 1 is 1.44 bits per heavy atom. The van der Waals surface area contributed by atoms with Gasteiger partial charge in [-0.2, -0.15) is 0 Å². The summed E-state index contributed by atoms with van der Waals surface area (Å²) in [7, 11) is 0. The molecule has 0 unspecified atom stereocenters. The van der Waals surface area contributed by atoms with Crippen LogP contribution in [0.25, 0.3) is 10.8 Å². The third kappa shape index (κ3) is 1.56. The SMILES string of the molecule is C#Cc1c(F)c(Cl)cc2cccc(CC)c12. The van der Waals surface area contributed by atoms with Gasteiger partial charge in [0, 0.05) is 5.39 Å². The minimum atomic E-state index is -0.502. The highest BCUT2D eigenvalue weighted by Gasteiger charge is 2.12. The molecule has 0 aromatic heterocycles. The van der Waals surface area contributed by atoms with E-state index in [0.29, 0.717) is 0 Å². The normalized spacial score (nSPS) is 10.4. The first-order chi connectivity index (χ1) is 7.69. The molecule has 0 atom stereocenters. The molecule has 0 saturated heterocycles. The van der Waals surface area contributed by atoms with Crippen LogP contribution in [0.1, 0.15) is 18.1 Å². The Morgan fingerprint density at radius 2 is 2.19 bits per heavy atom. The molecular formula is C14H10ClF. The third-order valence-corrected chi connectivity index (χ3v) is 2.94. The van der Waals surface area contributed by atoms with Gasteiger partial charge in [0.15, 0.2) is 5.82 Å². The van der Waals surface area contributed by atoms with Crippen LogP contribution in [-0.2, 0) is 6.42 Å². The van der Waals surface area contributed by atoms with Gasteiger partial charge >= 0.3 is 0 Å². The van der Waals surface area contributed by atoms with Crippen molar-refractivity contribution in [3.8, 4) is 12.3 Å². The predicted molar refractivity (Wildman–Crippen MR) is 66.2 cm³/mol. The number of aryl methyl sites for hydroxylation is 1. The maximum absolute atomic E-state index is 13.8. The van der Waals surface area contributed by atoms with Gasteiger partial charge in [0.25, 0.3) is 0 Å². The van der Waals surface area contributed by atoms with Crippen molar-refractivity contribution in [1.82, 2.24) is 0 Å². The van der Waals surface area contributed by atoms with E-state index in [0.717, 1.165) is 22.8 Å². The molecule has 0 amide bonds. The Kier molecular flexibility index (Phi) is 2.85. The molecule has 0 saturated carbocycles. The molecule has 0 aliphatic rings. The maximum atomic E-state index is 13.8. The average molecular weight is 233 g/mol. The highest BCUT2D eigenvalue weighted by molar-refractivity contribution is 6.31. The monoisotopic (exact) mass is 232 g/mol. The lowest BCUT2D eigenvalue weighted by atomic mass is 9.97. The van der Waals surface area contributed by atoms with E-state index >= 15 is 0 Å². The summed E-state index contributed by atoms with van der Waals surface area (Å²) in [6.45, 7) is 2.02. The Bertz CT molecular complexity index is 594. The van der Waals surface area contributed by atoms with Crippen LogP contribution in [0.2, 0.25) is 5.02 Å². The number of halogens is 2. The van der Waals surface area contributed by atoms with E-state index in [9.17, 15) is 4.39 Å². The van der Waals surface area contributed by atoms with E-state index in [1.54, 1.807) is 6.07 Å². The fourth-order valence-electron chi connectivity index (χ4n) is 1.90. The second kappa shape index (κ2) is 4.15. The minimum absolute atomic E-state index is 0.0775. The fraction of sp³-hybridized carbons (Fsp3) is 0.143. The van der Waals surface area contributed by atoms with Gasteiger partial charge in [0.2, 0.25) is 0 Å². The molecule has 0 aliphatic carbocycles. The topological polar surface area (TPSA) is 0 Å². The van der Waals surface area contributed by atoms with E-state index < -0.39 is 5.82 Å². The summed E-state index contributed by atoms with van der Waals surface area (Å²) < 4.78 is 13.8. The van der Waals surface area contributed by atoms with Crippen molar-refractivity contribution in [2.45, 2.75) is 13.3 Å². The van der Waals surface area contributed by atoms with Gasteiger partial charge in [-0.1, -0.05) is 42.6 Å². The summed E-state index contributed by atoms with van der Waals surface area (Å²) >= 11 is 5.80. The van der Waals surface area contributed by atoms with Gasteiger partial charge < -0.3 is 0 Å². The second-order valence-corrected chi connectivity index (χ2v) is 3.97. The molecule has 0 heterocycles. The van der Waals surface area contributed by atoms with E-state index in [1.807, 2.05) is 25.1 Å². The van der Waals surface area contributed by atoms with Crippen molar-refractivity contribution in [3.05, 3.63) is 46.2 Å². The van der Waals surface area contributed by atoms with Crippen molar-refractivity contribution >= 4 is 22.4 Å².